The first-order valence-electron chi connectivity index (χ1n) is 8.90. The molecule has 1 aliphatic carbocycles. The lowest BCUT2D eigenvalue weighted by molar-refractivity contribution is -0.153. The molecule has 2 aromatic heterocycles. The summed E-state index contributed by atoms with van der Waals surface area (Å²) in [4.78, 5) is 43.6. The third-order valence-corrected chi connectivity index (χ3v) is 5.41. The predicted molar refractivity (Wildman–Crippen MR) is 103 cm³/mol. The van der Waals surface area contributed by atoms with Gasteiger partial charge in [-0.05, 0) is 37.1 Å². The van der Waals surface area contributed by atoms with Crippen LogP contribution in [0.5, 0.6) is 5.75 Å². The van der Waals surface area contributed by atoms with Crippen molar-refractivity contribution in [3.63, 3.8) is 0 Å². The molecule has 0 radical (unpaired) electrons. The number of ether oxygens (including phenoxy) is 1. The number of aromatic amines is 1. The molecule has 7 nitrogen and oxygen atoms in total. The van der Waals surface area contributed by atoms with Crippen LogP contribution in [0.1, 0.15) is 39.3 Å². The summed E-state index contributed by atoms with van der Waals surface area (Å²) in [6.07, 6.45) is -2.88. The van der Waals surface area contributed by atoms with E-state index in [2.05, 4.69) is 15.3 Å². The second-order valence-corrected chi connectivity index (χ2v) is 7.72. The average molecular weight is 437 g/mol. The van der Waals surface area contributed by atoms with E-state index >= 15 is 0 Å². The highest BCUT2D eigenvalue weighted by Crippen LogP contribution is 2.30. The van der Waals surface area contributed by atoms with Crippen LogP contribution in [-0.4, -0.2) is 34.4 Å². The van der Waals surface area contributed by atoms with E-state index < -0.39 is 24.2 Å². The molecule has 4 rings (SSSR count). The van der Waals surface area contributed by atoms with Crippen LogP contribution in [0.15, 0.2) is 29.1 Å². The fraction of sp³-hybridized carbons (Fsp3) is 0.263. The number of carbonyl (C=O) groups excluding carboxylic acids is 2. The molecular weight excluding hydrogens is 423 g/mol. The zero-order chi connectivity index (χ0) is 21.5. The van der Waals surface area contributed by atoms with Gasteiger partial charge in [0.05, 0.1) is 10.2 Å². The number of ketones is 1. The Kier molecular flexibility index (Phi) is 5.06. The Morgan fingerprint density at radius 1 is 1.23 bits per heavy atom. The Hall–Kier alpha value is -3.21. The Labute approximate surface area is 170 Å². The van der Waals surface area contributed by atoms with Gasteiger partial charge in [0.1, 0.15) is 11.3 Å². The Balaban J connectivity index is 1.55. The van der Waals surface area contributed by atoms with E-state index in [0.29, 0.717) is 40.7 Å². The molecule has 156 valence electrons. The first-order chi connectivity index (χ1) is 14.2. The van der Waals surface area contributed by atoms with Crippen molar-refractivity contribution < 1.29 is 27.5 Å². The lowest BCUT2D eigenvalue weighted by Crippen LogP contribution is -2.27. The fourth-order valence-corrected chi connectivity index (χ4v) is 4.01. The van der Waals surface area contributed by atoms with Gasteiger partial charge in [-0.25, -0.2) is 4.98 Å². The number of nitrogens with one attached hydrogen (secondary N) is 2. The highest BCUT2D eigenvalue weighted by atomic mass is 32.1. The zero-order valence-corrected chi connectivity index (χ0v) is 16.1. The van der Waals surface area contributed by atoms with Gasteiger partial charge in [0, 0.05) is 17.7 Å². The van der Waals surface area contributed by atoms with Gasteiger partial charge in [-0.3, -0.25) is 19.7 Å². The number of aryl methyl sites for hydroxylation is 1. The van der Waals surface area contributed by atoms with E-state index in [1.165, 1.54) is 24.3 Å². The summed E-state index contributed by atoms with van der Waals surface area (Å²) >= 11 is 1.02. The summed E-state index contributed by atoms with van der Waals surface area (Å²) in [7, 11) is 0. The number of amides is 1. The standard InChI is InChI=1S/C19H14F3N3O4S/c20-19(21,22)8-29-9-4-5-13-15(6-9)30-18(24-13)25-17(28)11-7-10-12(23-16(11)27)2-1-3-14(10)26/h4-7H,1-3,8H2,(H,23,27)(H,24,25,28). The van der Waals surface area contributed by atoms with Crippen LogP contribution in [0.3, 0.4) is 0 Å². The molecule has 1 aromatic carbocycles. The maximum Gasteiger partial charge on any atom is 0.422 e. The number of fused-ring (bicyclic) bond motifs is 2. The number of hydrogen-bond acceptors (Lipinski definition) is 6. The summed E-state index contributed by atoms with van der Waals surface area (Å²) in [6, 6.07) is 5.50. The van der Waals surface area contributed by atoms with E-state index in [1.54, 1.807) is 0 Å². The van der Waals surface area contributed by atoms with Gasteiger partial charge in [0.25, 0.3) is 11.5 Å². The number of carbonyl (C=O) groups is 2. The predicted octanol–water partition coefficient (Wildman–Crippen LogP) is 3.70. The van der Waals surface area contributed by atoms with E-state index in [0.717, 1.165) is 11.3 Å². The van der Waals surface area contributed by atoms with Crippen LogP contribution in [0.4, 0.5) is 18.3 Å². The Morgan fingerprint density at radius 2 is 2.03 bits per heavy atom. The third-order valence-electron chi connectivity index (χ3n) is 4.48. The van der Waals surface area contributed by atoms with Crippen LogP contribution < -0.4 is 15.6 Å². The van der Waals surface area contributed by atoms with E-state index in [9.17, 15) is 27.6 Å². The van der Waals surface area contributed by atoms with Gasteiger partial charge < -0.3 is 9.72 Å². The van der Waals surface area contributed by atoms with Crippen molar-refractivity contribution in [3.05, 3.63) is 51.4 Å². The minimum absolute atomic E-state index is 0.0194. The molecule has 2 heterocycles. The highest BCUT2D eigenvalue weighted by molar-refractivity contribution is 7.22. The first-order valence-corrected chi connectivity index (χ1v) is 9.72. The molecule has 2 N–H and O–H groups in total. The lowest BCUT2D eigenvalue weighted by atomic mass is 9.94. The number of nitrogens with zero attached hydrogens (tertiary/aromatic N) is 1. The van der Waals surface area contributed by atoms with Crippen molar-refractivity contribution in [1.82, 2.24) is 9.97 Å². The first kappa shape index (κ1) is 20.1. The fourth-order valence-electron chi connectivity index (χ4n) is 3.12. The summed E-state index contributed by atoms with van der Waals surface area (Å²) in [5.74, 6) is -0.844. The van der Waals surface area contributed by atoms with Gasteiger partial charge in [0.2, 0.25) is 0 Å². The van der Waals surface area contributed by atoms with Crippen LogP contribution in [0.25, 0.3) is 10.2 Å². The molecule has 0 atom stereocenters. The van der Waals surface area contributed by atoms with E-state index in [-0.39, 0.29) is 22.2 Å². The SMILES string of the molecule is O=C1CCCc2[nH]c(=O)c(C(=O)Nc3nc4ccc(OCC(F)(F)F)cc4s3)cc21. The molecule has 30 heavy (non-hydrogen) atoms. The summed E-state index contributed by atoms with van der Waals surface area (Å²) in [5, 5.41) is 2.66. The number of aromatic nitrogens is 2. The number of H-pyrrole nitrogens is 1. The van der Waals surface area contributed by atoms with Gasteiger partial charge in [-0.1, -0.05) is 11.3 Å². The number of benzene rings is 1. The maximum atomic E-state index is 12.6. The molecule has 1 aliphatic rings. The van der Waals surface area contributed by atoms with Crippen LogP contribution >= 0.6 is 11.3 Å². The molecule has 0 aliphatic heterocycles. The highest BCUT2D eigenvalue weighted by Gasteiger charge is 2.28. The minimum Gasteiger partial charge on any atom is -0.484 e. The van der Waals surface area contributed by atoms with Crippen molar-refractivity contribution in [2.45, 2.75) is 25.4 Å². The van der Waals surface area contributed by atoms with Crippen molar-refractivity contribution in [1.29, 1.82) is 0 Å². The Bertz CT molecular complexity index is 1220. The van der Waals surface area contributed by atoms with Crippen LogP contribution in [-0.2, 0) is 6.42 Å². The number of pyridine rings is 1. The number of alkyl halides is 3. The molecule has 0 spiro atoms. The summed E-state index contributed by atoms with van der Waals surface area (Å²) < 4.78 is 42.1. The number of thiazole rings is 1. The molecule has 0 bridgehead atoms. The van der Waals surface area contributed by atoms with Crippen molar-refractivity contribution >= 4 is 38.4 Å². The quantitative estimate of drug-likeness (QED) is 0.648. The van der Waals surface area contributed by atoms with Crippen LogP contribution in [0.2, 0.25) is 0 Å². The molecular formula is C19H14F3N3O4S. The van der Waals surface area contributed by atoms with Crippen molar-refractivity contribution in [2.24, 2.45) is 0 Å². The third kappa shape index (κ3) is 4.20. The molecule has 11 heteroatoms. The number of rotatable bonds is 4. The summed E-state index contributed by atoms with van der Waals surface area (Å²) in [5.41, 5.74) is 0.493. The minimum atomic E-state index is -4.45. The monoisotopic (exact) mass is 437 g/mol. The smallest absolute Gasteiger partial charge is 0.422 e. The largest absolute Gasteiger partial charge is 0.484 e. The number of hydrogen-bond donors (Lipinski definition) is 2. The maximum absolute atomic E-state index is 12.6. The van der Waals surface area contributed by atoms with E-state index in [4.69, 9.17) is 4.74 Å². The topological polar surface area (TPSA) is 101 Å². The second kappa shape index (κ2) is 7.56. The van der Waals surface area contributed by atoms with Gasteiger partial charge >= 0.3 is 6.18 Å². The van der Waals surface area contributed by atoms with Crippen molar-refractivity contribution in [2.75, 3.05) is 11.9 Å². The number of anilines is 1. The molecule has 0 saturated heterocycles. The van der Waals surface area contributed by atoms with Crippen LogP contribution in [0, 0.1) is 0 Å². The molecule has 0 unspecified atom stereocenters. The number of halogens is 3. The number of Topliss-reactive ketones (excluding diaryl/α,β-unsaturated/α-hetero) is 1. The summed E-state index contributed by atoms with van der Waals surface area (Å²) in [6.45, 7) is -1.42. The average Bonchev–Trinajstić information content (AvgIpc) is 3.07. The molecule has 0 saturated carbocycles. The zero-order valence-electron chi connectivity index (χ0n) is 15.3. The normalized spacial score (nSPS) is 13.9. The lowest BCUT2D eigenvalue weighted by Gasteiger charge is -2.14. The molecule has 0 fully saturated rings. The molecule has 3 aromatic rings. The van der Waals surface area contributed by atoms with Crippen molar-refractivity contribution in [3.8, 4) is 5.75 Å². The van der Waals surface area contributed by atoms with Gasteiger partial charge in [-0.15, -0.1) is 0 Å². The van der Waals surface area contributed by atoms with E-state index in [1.807, 2.05) is 0 Å². The van der Waals surface area contributed by atoms with Gasteiger partial charge in [-0.2, -0.15) is 13.2 Å². The molecule has 1 amide bonds. The Morgan fingerprint density at radius 3 is 2.80 bits per heavy atom. The second-order valence-electron chi connectivity index (χ2n) is 6.69. The van der Waals surface area contributed by atoms with Gasteiger partial charge in [0.15, 0.2) is 17.5 Å².